The second kappa shape index (κ2) is 5.41. The zero-order valence-electron chi connectivity index (χ0n) is 13.4. The molecule has 2 bridgehead atoms. The van der Waals surface area contributed by atoms with Gasteiger partial charge in [-0.05, 0) is 56.4 Å². The minimum atomic E-state index is -0.302. The van der Waals surface area contributed by atoms with Crippen molar-refractivity contribution in [2.24, 2.45) is 0 Å². The maximum Gasteiger partial charge on any atom is 0.359 e. The molecule has 0 N–H and O–H groups in total. The van der Waals surface area contributed by atoms with E-state index in [1.165, 1.54) is 12.1 Å². The van der Waals surface area contributed by atoms with Gasteiger partial charge in [0.05, 0.1) is 25.1 Å². The van der Waals surface area contributed by atoms with Crippen LogP contribution in [0.15, 0.2) is 24.3 Å². The van der Waals surface area contributed by atoms with E-state index in [0.717, 1.165) is 29.8 Å². The number of ether oxygens (including phenoxy) is 2. The first kappa shape index (κ1) is 14.3. The Morgan fingerprint density at radius 3 is 2.70 bits per heavy atom. The van der Waals surface area contributed by atoms with Crippen LogP contribution >= 0.6 is 0 Å². The lowest BCUT2D eigenvalue weighted by atomic mass is 9.95. The molecule has 4 rings (SSSR count). The molecule has 0 amide bonds. The van der Waals surface area contributed by atoms with Crippen LogP contribution in [0.4, 0.5) is 0 Å². The molecule has 2 aliphatic rings. The summed E-state index contributed by atoms with van der Waals surface area (Å²) in [5.41, 5.74) is 3.79. The molecule has 5 nitrogen and oxygen atoms in total. The van der Waals surface area contributed by atoms with E-state index in [1.807, 2.05) is 35.9 Å². The number of rotatable bonds is 4. The average Bonchev–Trinajstić information content (AvgIpc) is 3.27. The molecule has 0 spiro atoms. The van der Waals surface area contributed by atoms with Crippen LogP contribution in [-0.2, 0) is 4.74 Å². The Morgan fingerprint density at radius 1 is 1.26 bits per heavy atom. The van der Waals surface area contributed by atoms with Crippen molar-refractivity contribution in [3.63, 3.8) is 0 Å². The van der Waals surface area contributed by atoms with Crippen molar-refractivity contribution in [2.45, 2.75) is 38.0 Å². The van der Waals surface area contributed by atoms with Crippen molar-refractivity contribution in [3.05, 3.63) is 41.2 Å². The molecule has 1 heterocycles. The van der Waals surface area contributed by atoms with Crippen LogP contribution in [0.2, 0.25) is 0 Å². The first-order valence-electron chi connectivity index (χ1n) is 8.17. The highest BCUT2D eigenvalue weighted by Gasteiger charge is 2.44. The van der Waals surface area contributed by atoms with E-state index >= 15 is 0 Å². The summed E-state index contributed by atoms with van der Waals surface area (Å²) >= 11 is 0. The molecule has 0 radical (unpaired) electrons. The minimum Gasteiger partial charge on any atom is -0.497 e. The number of aromatic nitrogens is 2. The van der Waals surface area contributed by atoms with Crippen LogP contribution in [0.1, 0.15) is 59.8 Å². The van der Waals surface area contributed by atoms with Gasteiger partial charge in [-0.15, -0.1) is 0 Å². The van der Waals surface area contributed by atoms with Crippen molar-refractivity contribution in [1.82, 2.24) is 9.78 Å². The molecular formula is C18H20N2O3. The van der Waals surface area contributed by atoms with Crippen LogP contribution in [0.25, 0.3) is 5.69 Å². The van der Waals surface area contributed by atoms with Gasteiger partial charge in [0.25, 0.3) is 0 Å². The van der Waals surface area contributed by atoms with Crippen LogP contribution in [-0.4, -0.2) is 29.5 Å². The monoisotopic (exact) mass is 312 g/mol. The summed E-state index contributed by atoms with van der Waals surface area (Å²) in [7, 11) is 1.65. The van der Waals surface area contributed by atoms with Gasteiger partial charge in [-0.1, -0.05) is 0 Å². The van der Waals surface area contributed by atoms with Crippen molar-refractivity contribution in [2.75, 3.05) is 13.7 Å². The number of hydrogen-bond donors (Lipinski definition) is 0. The smallest absolute Gasteiger partial charge is 0.359 e. The highest BCUT2D eigenvalue weighted by atomic mass is 16.5. The van der Waals surface area contributed by atoms with Gasteiger partial charge in [-0.3, -0.25) is 0 Å². The van der Waals surface area contributed by atoms with Crippen molar-refractivity contribution in [1.29, 1.82) is 0 Å². The Hall–Kier alpha value is -2.30. The Labute approximate surface area is 135 Å². The predicted molar refractivity (Wildman–Crippen MR) is 85.4 cm³/mol. The summed E-state index contributed by atoms with van der Waals surface area (Å²) in [4.78, 5) is 12.3. The zero-order chi connectivity index (χ0) is 16.0. The highest BCUT2D eigenvalue weighted by Crippen LogP contribution is 2.54. The second-order valence-corrected chi connectivity index (χ2v) is 6.18. The van der Waals surface area contributed by atoms with Crippen molar-refractivity contribution < 1.29 is 14.3 Å². The van der Waals surface area contributed by atoms with Gasteiger partial charge in [0.15, 0.2) is 5.69 Å². The number of carbonyl (C=O) groups is 1. The van der Waals surface area contributed by atoms with E-state index in [9.17, 15) is 4.79 Å². The largest absolute Gasteiger partial charge is 0.497 e. The Kier molecular flexibility index (Phi) is 3.36. The first-order valence-corrected chi connectivity index (χ1v) is 8.17. The lowest BCUT2D eigenvalue weighted by molar-refractivity contribution is 0.0517. The van der Waals surface area contributed by atoms with Gasteiger partial charge in [0, 0.05) is 11.5 Å². The van der Waals surface area contributed by atoms with Gasteiger partial charge in [0.1, 0.15) is 5.75 Å². The second-order valence-electron chi connectivity index (χ2n) is 6.18. The molecule has 23 heavy (non-hydrogen) atoms. The van der Waals surface area contributed by atoms with Crippen LogP contribution in [0, 0.1) is 0 Å². The molecule has 0 saturated heterocycles. The third-order valence-corrected chi connectivity index (χ3v) is 4.97. The molecule has 1 saturated carbocycles. The lowest BCUT2D eigenvalue weighted by Gasteiger charge is -2.14. The molecular weight excluding hydrogens is 292 g/mol. The van der Waals surface area contributed by atoms with Crippen molar-refractivity contribution >= 4 is 5.97 Å². The number of nitrogens with zero attached hydrogens (tertiary/aromatic N) is 2. The summed E-state index contributed by atoms with van der Waals surface area (Å²) in [5.74, 6) is 1.47. The van der Waals surface area contributed by atoms with Gasteiger partial charge in [-0.25, -0.2) is 9.48 Å². The Morgan fingerprint density at radius 2 is 2.00 bits per heavy atom. The summed E-state index contributed by atoms with van der Waals surface area (Å²) < 4.78 is 12.4. The maximum absolute atomic E-state index is 12.3. The van der Waals surface area contributed by atoms with E-state index in [0.29, 0.717) is 24.1 Å². The molecule has 2 unspecified atom stereocenters. The first-order chi connectivity index (χ1) is 11.2. The van der Waals surface area contributed by atoms with Gasteiger partial charge in [-0.2, -0.15) is 5.10 Å². The van der Waals surface area contributed by atoms with Crippen LogP contribution in [0.3, 0.4) is 0 Å². The zero-order valence-corrected chi connectivity index (χ0v) is 13.4. The summed E-state index contributed by atoms with van der Waals surface area (Å²) in [6.07, 6.45) is 3.47. The molecule has 1 aromatic heterocycles. The summed E-state index contributed by atoms with van der Waals surface area (Å²) in [5, 5.41) is 4.62. The van der Waals surface area contributed by atoms with Crippen molar-refractivity contribution in [3.8, 4) is 11.4 Å². The molecule has 2 atom stereocenters. The quantitative estimate of drug-likeness (QED) is 0.812. The van der Waals surface area contributed by atoms with E-state index in [4.69, 9.17) is 9.47 Å². The molecule has 0 aliphatic heterocycles. The van der Waals surface area contributed by atoms with E-state index < -0.39 is 0 Å². The SMILES string of the molecule is CCOC(=O)c1nn(-c2ccc(OC)cc2)c2c1C1CCC2C1. The normalized spacial score (nSPS) is 21.3. The fourth-order valence-corrected chi connectivity index (χ4v) is 4.00. The molecule has 2 aromatic rings. The summed E-state index contributed by atoms with van der Waals surface area (Å²) in [6.45, 7) is 2.20. The number of benzene rings is 1. The Bertz CT molecular complexity index is 748. The molecule has 5 heteroatoms. The topological polar surface area (TPSA) is 53.3 Å². The van der Waals surface area contributed by atoms with E-state index in [1.54, 1.807) is 7.11 Å². The van der Waals surface area contributed by atoms with Gasteiger partial charge < -0.3 is 9.47 Å². The number of fused-ring (bicyclic) bond motifs is 5. The number of hydrogen-bond acceptors (Lipinski definition) is 4. The predicted octanol–water partition coefficient (Wildman–Crippen LogP) is 3.42. The standard InChI is InChI=1S/C18H20N2O3/c1-3-23-18(21)16-15-11-4-5-12(10-11)17(15)20(19-16)13-6-8-14(22-2)9-7-13/h6-9,11-12H,3-5,10H2,1-2H3. The third-order valence-electron chi connectivity index (χ3n) is 4.97. The number of methoxy groups -OCH3 is 1. The molecule has 120 valence electrons. The fourth-order valence-electron chi connectivity index (χ4n) is 4.00. The van der Waals surface area contributed by atoms with Crippen LogP contribution in [0.5, 0.6) is 5.75 Å². The third kappa shape index (κ3) is 2.14. The molecule has 2 aliphatic carbocycles. The average molecular weight is 312 g/mol. The summed E-state index contributed by atoms with van der Waals surface area (Å²) in [6, 6.07) is 7.79. The highest BCUT2D eigenvalue weighted by molar-refractivity contribution is 5.90. The minimum absolute atomic E-state index is 0.302. The Balaban J connectivity index is 1.82. The van der Waals surface area contributed by atoms with E-state index in [2.05, 4.69) is 5.10 Å². The molecule has 1 fully saturated rings. The fraction of sp³-hybridized carbons (Fsp3) is 0.444. The van der Waals surface area contributed by atoms with Gasteiger partial charge >= 0.3 is 5.97 Å². The van der Waals surface area contributed by atoms with Crippen LogP contribution < -0.4 is 4.74 Å². The molecule has 1 aromatic carbocycles. The van der Waals surface area contributed by atoms with Gasteiger partial charge in [0.2, 0.25) is 0 Å². The maximum atomic E-state index is 12.3. The lowest BCUT2D eigenvalue weighted by Crippen LogP contribution is -2.09. The number of carbonyl (C=O) groups excluding carboxylic acids is 1. The number of esters is 1. The van der Waals surface area contributed by atoms with E-state index in [-0.39, 0.29) is 5.97 Å².